The second kappa shape index (κ2) is 17.9. The van der Waals surface area contributed by atoms with E-state index >= 15 is 0 Å². The minimum atomic E-state index is -4.08. The van der Waals surface area contributed by atoms with E-state index in [0.717, 1.165) is 40.1 Å². The molecule has 0 unspecified atom stereocenters. The smallest absolute Gasteiger partial charge is 0.408 e. The van der Waals surface area contributed by atoms with Crippen LogP contribution in [-0.2, 0) is 35.6 Å². The number of imidazole rings is 1. The molecule has 1 saturated heterocycles. The molecule has 3 aromatic rings. The van der Waals surface area contributed by atoms with Crippen molar-refractivity contribution in [2.75, 3.05) is 6.54 Å². The first-order valence-electron chi connectivity index (χ1n) is 23.4. The molecule has 15 nitrogen and oxygen atoms in total. The lowest BCUT2D eigenvalue weighted by Crippen LogP contribution is -2.60. The fraction of sp³-hybridized carbons (Fsp3) is 0.667. The van der Waals surface area contributed by atoms with Gasteiger partial charge in [0, 0.05) is 22.9 Å². The zero-order chi connectivity index (χ0) is 47.4. The summed E-state index contributed by atoms with van der Waals surface area (Å²) in [5.74, 6) is -2.02. The van der Waals surface area contributed by atoms with Crippen molar-refractivity contribution in [3.05, 3.63) is 40.9 Å². The lowest BCUT2D eigenvalue weighted by molar-refractivity contribution is -0.143. The van der Waals surface area contributed by atoms with E-state index in [2.05, 4.69) is 41.4 Å². The Bertz CT molecular complexity index is 2460. The van der Waals surface area contributed by atoms with E-state index < -0.39 is 73.3 Å². The summed E-state index contributed by atoms with van der Waals surface area (Å²) in [6.45, 7) is 20.9. The highest BCUT2D eigenvalue weighted by Crippen LogP contribution is 2.50. The Morgan fingerprint density at radius 1 is 1.03 bits per heavy atom. The number of amides is 4. The fourth-order valence-corrected chi connectivity index (χ4v) is 12.4. The Kier molecular flexibility index (Phi) is 13.4. The average Bonchev–Trinajstić information content (AvgIpc) is 3.97. The van der Waals surface area contributed by atoms with Crippen molar-refractivity contribution in [3.63, 3.8) is 0 Å². The first-order chi connectivity index (χ1) is 30.4. The molecule has 3 fully saturated rings. The van der Waals surface area contributed by atoms with Crippen molar-refractivity contribution < 1.29 is 37.1 Å². The van der Waals surface area contributed by atoms with E-state index in [0.29, 0.717) is 44.5 Å². The largest absolute Gasteiger partial charge is 0.459 e. The number of carbonyl (C=O) groups excluding carboxylic acids is 4. The van der Waals surface area contributed by atoms with Crippen molar-refractivity contribution in [3.8, 4) is 16.6 Å². The molecule has 2 saturated carbocycles. The van der Waals surface area contributed by atoms with Gasteiger partial charge in [0.25, 0.3) is 11.9 Å². The molecule has 2 spiro atoms. The Morgan fingerprint density at radius 2 is 1.74 bits per heavy atom. The normalized spacial score (nSPS) is 25.7. The molecule has 17 heteroatoms. The zero-order valence-electron chi connectivity index (χ0n) is 40.0. The second-order valence-corrected chi connectivity index (χ2v) is 24.4. The van der Waals surface area contributed by atoms with Crippen LogP contribution in [0, 0.1) is 11.3 Å². The predicted octanol–water partition coefficient (Wildman–Crippen LogP) is 8.09. The van der Waals surface area contributed by atoms with E-state index in [9.17, 15) is 27.6 Å². The number of sulfonamides is 1. The van der Waals surface area contributed by atoms with Gasteiger partial charge < -0.3 is 25.0 Å². The van der Waals surface area contributed by atoms with Gasteiger partial charge in [-0.15, -0.1) is 11.3 Å². The number of thiazole rings is 1. The molecule has 2 aromatic heterocycles. The summed E-state index contributed by atoms with van der Waals surface area (Å²) in [6, 6.07) is 4.00. The van der Waals surface area contributed by atoms with Crippen LogP contribution in [0.3, 0.4) is 0 Å². The number of aromatic nitrogens is 3. The number of allylic oxidation sites excluding steroid dienone is 2. The molecule has 2 aliphatic heterocycles. The van der Waals surface area contributed by atoms with Crippen molar-refractivity contribution in [2.45, 2.75) is 186 Å². The van der Waals surface area contributed by atoms with Crippen molar-refractivity contribution in [2.24, 2.45) is 11.3 Å². The molecule has 4 amide bonds. The summed E-state index contributed by atoms with van der Waals surface area (Å²) < 4.78 is 43.7. The number of benzene rings is 1. The first kappa shape index (κ1) is 48.4. The quantitative estimate of drug-likeness (QED) is 0.211. The minimum Gasteiger partial charge on any atom is -0.459 e. The number of hydrogen-bond acceptors (Lipinski definition) is 11. The van der Waals surface area contributed by atoms with E-state index in [-0.39, 0.29) is 37.3 Å². The van der Waals surface area contributed by atoms with Crippen molar-refractivity contribution in [1.82, 2.24) is 34.8 Å². The van der Waals surface area contributed by atoms with Crippen LogP contribution in [0.1, 0.15) is 156 Å². The molecule has 1 aromatic carbocycles. The number of alkyl carbamates (subject to hydrolysis) is 1. The van der Waals surface area contributed by atoms with Gasteiger partial charge in [-0.05, 0) is 115 Å². The van der Waals surface area contributed by atoms with Gasteiger partial charge in [-0.2, -0.15) is 4.98 Å². The molecule has 4 heterocycles. The summed E-state index contributed by atoms with van der Waals surface area (Å²) in [5, 5.41) is 6.61. The van der Waals surface area contributed by atoms with Crippen LogP contribution >= 0.6 is 11.3 Å². The van der Waals surface area contributed by atoms with E-state index in [4.69, 9.17) is 19.4 Å². The Hall–Kier alpha value is -4.51. The zero-order valence-corrected chi connectivity index (χ0v) is 41.6. The fourth-order valence-electron chi connectivity index (χ4n) is 9.44. The standard InChI is InChI=1S/C48H69N7O8S2/c1-12-30-26-48(30)42(58)53-65(60,61)47(23-24-47)22-17-15-13-14-16-21-35-36(28(2)3)49-40(64-35)32-19-18-20-33-37(32)50-43(55(33)29(4)5)62-31-25-34(39(56)52-48)54(27-31)41(57)38(45(6,7)8)51-44(59)63-46(9,10)11/h13-14,18-20,28-31,34,38H,12,15-17,21-27H2,1-11H3,(H,51,59)(H,52,56)(H,53,58)/b14-13+/t30-,31-,34+,38-,48-/m1/s1. The number of aryl methyl sites for hydroxylation is 1. The lowest BCUT2D eigenvalue weighted by Gasteiger charge is -2.36. The van der Waals surface area contributed by atoms with Gasteiger partial charge in [0.05, 0.1) is 22.5 Å². The van der Waals surface area contributed by atoms with E-state index in [1.807, 2.05) is 64.3 Å². The number of likely N-dealkylation sites (tertiary alicyclic amines) is 1. The van der Waals surface area contributed by atoms with Gasteiger partial charge >= 0.3 is 6.09 Å². The molecule has 7 rings (SSSR count). The number of hydrogen-bond donors (Lipinski definition) is 3. The van der Waals surface area contributed by atoms with Crippen LogP contribution in [-0.4, -0.2) is 92.3 Å². The second-order valence-electron chi connectivity index (χ2n) is 21.2. The molecule has 3 N–H and O–H groups in total. The van der Waals surface area contributed by atoms with Crippen LogP contribution in [0.15, 0.2) is 30.4 Å². The minimum absolute atomic E-state index is 0.0343. The molecule has 0 radical (unpaired) electrons. The van der Waals surface area contributed by atoms with Crippen LogP contribution in [0.5, 0.6) is 6.01 Å². The maximum absolute atomic E-state index is 14.9. The SMILES string of the molecule is CC[C@@H]1C[C@@]12NC(=O)[C@@H]1C[C@H](CN1C(=O)[C@@H](NC(=O)OC(C)(C)C)C(C)(C)C)Oc1nc3c(cccc3n1C(C)C)-c1nc(C(C)C)c(s1)CC/C=C/CCCC1(CC1)S(=O)(=O)NC2=O. The Labute approximate surface area is 388 Å². The van der Waals surface area contributed by atoms with Crippen molar-refractivity contribution >= 4 is 56.2 Å². The van der Waals surface area contributed by atoms with Gasteiger partial charge in [0.1, 0.15) is 39.9 Å². The third-order valence-corrected chi connectivity index (χ3v) is 16.6. The topological polar surface area (TPSA) is 191 Å². The monoisotopic (exact) mass is 935 g/mol. The third-order valence-electron chi connectivity index (χ3n) is 13.3. The summed E-state index contributed by atoms with van der Waals surface area (Å²) in [4.78, 5) is 70.1. The van der Waals surface area contributed by atoms with Gasteiger partial charge in [-0.3, -0.25) is 23.7 Å². The molecule has 65 heavy (non-hydrogen) atoms. The van der Waals surface area contributed by atoms with Gasteiger partial charge in [-0.25, -0.2) is 18.2 Å². The average molecular weight is 936 g/mol. The van der Waals surface area contributed by atoms with Crippen LogP contribution in [0.2, 0.25) is 0 Å². The van der Waals surface area contributed by atoms with Gasteiger partial charge in [-0.1, -0.05) is 66.2 Å². The van der Waals surface area contributed by atoms with Crippen molar-refractivity contribution in [1.29, 1.82) is 0 Å². The number of rotatable bonds is 5. The molecule has 6 bridgehead atoms. The predicted molar refractivity (Wildman–Crippen MR) is 252 cm³/mol. The summed E-state index contributed by atoms with van der Waals surface area (Å²) >= 11 is 1.67. The maximum Gasteiger partial charge on any atom is 0.408 e. The van der Waals surface area contributed by atoms with Gasteiger partial charge in [0.2, 0.25) is 21.8 Å². The number of para-hydroxylation sites is 1. The Morgan fingerprint density at radius 3 is 2.35 bits per heavy atom. The first-order valence-corrected chi connectivity index (χ1v) is 25.7. The Balaban J connectivity index is 1.30. The van der Waals surface area contributed by atoms with Gasteiger partial charge in [0.15, 0.2) is 0 Å². The highest BCUT2D eigenvalue weighted by Gasteiger charge is 2.64. The summed E-state index contributed by atoms with van der Waals surface area (Å²) in [7, 11) is -4.08. The number of carbonyl (C=O) groups is 4. The molecular weight excluding hydrogens is 867 g/mol. The molecule has 2 aliphatic carbocycles. The summed E-state index contributed by atoms with van der Waals surface area (Å²) in [6.07, 6.45) is 7.86. The number of nitrogens with one attached hydrogen (secondary N) is 3. The summed E-state index contributed by atoms with van der Waals surface area (Å²) in [5.41, 5.74) is 0.365. The highest BCUT2D eigenvalue weighted by molar-refractivity contribution is 7.91. The number of nitrogens with zero attached hydrogens (tertiary/aromatic N) is 4. The molecule has 356 valence electrons. The number of ether oxygens (including phenoxy) is 2. The third kappa shape index (κ3) is 9.96. The number of fused-ring (bicyclic) bond motifs is 6. The molecular formula is C48H69N7O8S2. The van der Waals surface area contributed by atoms with Crippen LogP contribution in [0.4, 0.5) is 4.79 Å². The lowest BCUT2D eigenvalue weighted by atomic mass is 9.85. The van der Waals surface area contributed by atoms with E-state index in [1.165, 1.54) is 9.78 Å². The molecule has 5 atom stereocenters. The highest BCUT2D eigenvalue weighted by atomic mass is 32.2. The van der Waals surface area contributed by atoms with Crippen LogP contribution < -0.4 is 20.1 Å². The van der Waals surface area contributed by atoms with E-state index in [1.54, 1.807) is 32.1 Å². The maximum atomic E-state index is 14.9. The molecule has 4 aliphatic rings. The van der Waals surface area contributed by atoms with Crippen LogP contribution in [0.25, 0.3) is 21.6 Å².